The molecule has 0 amide bonds. The van der Waals surface area contributed by atoms with Gasteiger partial charge in [0, 0.05) is 18.2 Å². The maximum Gasteiger partial charge on any atom is 0.137 e. The first-order chi connectivity index (χ1) is 7.35. The SMILES string of the molecule is CCOC[C@H]1C[C@@H]1c1ccc(OC)cn1. The fraction of sp³-hybridized carbons (Fsp3) is 0.583. The Morgan fingerprint density at radius 2 is 2.33 bits per heavy atom. The Kier molecular flexibility index (Phi) is 3.21. The van der Waals surface area contributed by atoms with E-state index in [9.17, 15) is 0 Å². The molecule has 0 aromatic carbocycles. The zero-order chi connectivity index (χ0) is 10.7. The third kappa shape index (κ3) is 2.48. The average molecular weight is 207 g/mol. The largest absolute Gasteiger partial charge is 0.495 e. The van der Waals surface area contributed by atoms with Gasteiger partial charge < -0.3 is 9.47 Å². The lowest BCUT2D eigenvalue weighted by Crippen LogP contribution is -1.98. The van der Waals surface area contributed by atoms with Crippen LogP contribution in [0.25, 0.3) is 0 Å². The quantitative estimate of drug-likeness (QED) is 0.742. The summed E-state index contributed by atoms with van der Waals surface area (Å²) in [5.41, 5.74) is 1.17. The topological polar surface area (TPSA) is 31.4 Å². The van der Waals surface area contributed by atoms with Crippen molar-refractivity contribution in [1.82, 2.24) is 4.98 Å². The van der Waals surface area contributed by atoms with Crippen molar-refractivity contribution < 1.29 is 9.47 Å². The van der Waals surface area contributed by atoms with Crippen molar-refractivity contribution in [3.63, 3.8) is 0 Å². The number of ether oxygens (including phenoxy) is 2. The first-order valence-electron chi connectivity index (χ1n) is 5.42. The summed E-state index contributed by atoms with van der Waals surface area (Å²) in [4.78, 5) is 4.39. The molecule has 82 valence electrons. The number of rotatable bonds is 5. The van der Waals surface area contributed by atoms with Crippen LogP contribution in [0.5, 0.6) is 5.75 Å². The van der Waals surface area contributed by atoms with E-state index in [1.165, 1.54) is 12.1 Å². The highest BCUT2D eigenvalue weighted by molar-refractivity contribution is 5.25. The Morgan fingerprint density at radius 1 is 1.47 bits per heavy atom. The summed E-state index contributed by atoms with van der Waals surface area (Å²) in [5, 5.41) is 0. The molecule has 0 spiro atoms. The van der Waals surface area contributed by atoms with E-state index in [1.807, 2.05) is 13.0 Å². The summed E-state index contributed by atoms with van der Waals surface area (Å²) in [6.45, 7) is 3.71. The number of hydrogen-bond donors (Lipinski definition) is 0. The Morgan fingerprint density at radius 3 is 2.93 bits per heavy atom. The molecule has 0 radical (unpaired) electrons. The normalized spacial score (nSPS) is 23.9. The molecule has 1 aliphatic carbocycles. The van der Waals surface area contributed by atoms with Crippen LogP contribution in [0, 0.1) is 5.92 Å². The van der Waals surface area contributed by atoms with Gasteiger partial charge in [0.2, 0.25) is 0 Å². The smallest absolute Gasteiger partial charge is 0.137 e. The van der Waals surface area contributed by atoms with Gasteiger partial charge in [0.05, 0.1) is 19.9 Å². The van der Waals surface area contributed by atoms with Crippen LogP contribution in [0.15, 0.2) is 18.3 Å². The Labute approximate surface area is 90.4 Å². The maximum atomic E-state index is 5.40. The molecule has 1 aromatic rings. The third-order valence-electron chi connectivity index (χ3n) is 2.83. The lowest BCUT2D eigenvalue weighted by atomic mass is 10.2. The molecule has 1 aliphatic rings. The summed E-state index contributed by atoms with van der Waals surface area (Å²) in [5.74, 6) is 2.09. The first kappa shape index (κ1) is 10.4. The van der Waals surface area contributed by atoms with Crippen LogP contribution < -0.4 is 4.74 Å². The van der Waals surface area contributed by atoms with Crippen LogP contribution in [-0.4, -0.2) is 25.3 Å². The molecule has 3 nitrogen and oxygen atoms in total. The first-order valence-corrected chi connectivity index (χ1v) is 5.42. The van der Waals surface area contributed by atoms with Crippen molar-refractivity contribution in [2.24, 2.45) is 5.92 Å². The minimum absolute atomic E-state index is 0.599. The van der Waals surface area contributed by atoms with E-state index in [0.717, 1.165) is 19.0 Å². The van der Waals surface area contributed by atoms with Gasteiger partial charge in [0.25, 0.3) is 0 Å². The van der Waals surface area contributed by atoms with Gasteiger partial charge in [-0.3, -0.25) is 4.98 Å². The van der Waals surface area contributed by atoms with Crippen molar-refractivity contribution in [1.29, 1.82) is 0 Å². The summed E-state index contributed by atoms with van der Waals surface area (Å²) >= 11 is 0. The van der Waals surface area contributed by atoms with Crippen molar-refractivity contribution >= 4 is 0 Å². The fourth-order valence-corrected chi connectivity index (χ4v) is 1.80. The highest BCUT2D eigenvalue weighted by Crippen LogP contribution is 2.46. The molecule has 0 aliphatic heterocycles. The lowest BCUT2D eigenvalue weighted by molar-refractivity contribution is 0.135. The van der Waals surface area contributed by atoms with E-state index in [0.29, 0.717) is 11.8 Å². The standard InChI is InChI=1S/C12H17NO2/c1-3-15-8-9-6-11(9)12-5-4-10(14-2)7-13-12/h4-5,7,9,11H,3,6,8H2,1-2H3/t9-,11+/m1/s1. The second kappa shape index (κ2) is 4.62. The Balaban J connectivity index is 1.89. The number of nitrogens with zero attached hydrogens (tertiary/aromatic N) is 1. The van der Waals surface area contributed by atoms with Crippen LogP contribution in [0.2, 0.25) is 0 Å². The minimum Gasteiger partial charge on any atom is -0.495 e. The van der Waals surface area contributed by atoms with Crippen LogP contribution in [-0.2, 0) is 4.74 Å². The van der Waals surface area contributed by atoms with E-state index in [4.69, 9.17) is 9.47 Å². The zero-order valence-corrected chi connectivity index (χ0v) is 9.27. The van der Waals surface area contributed by atoms with Crippen molar-refractivity contribution in [2.75, 3.05) is 20.3 Å². The molecule has 0 saturated heterocycles. The number of methoxy groups -OCH3 is 1. The van der Waals surface area contributed by atoms with Crippen LogP contribution in [0.3, 0.4) is 0 Å². The van der Waals surface area contributed by atoms with Gasteiger partial charge in [0.1, 0.15) is 5.75 Å². The Bertz CT molecular complexity index is 310. The van der Waals surface area contributed by atoms with E-state index < -0.39 is 0 Å². The van der Waals surface area contributed by atoms with Crippen molar-refractivity contribution in [3.8, 4) is 5.75 Å². The van der Waals surface area contributed by atoms with Gasteiger partial charge in [-0.25, -0.2) is 0 Å². The second-order valence-corrected chi connectivity index (χ2v) is 3.88. The van der Waals surface area contributed by atoms with Crippen molar-refractivity contribution in [3.05, 3.63) is 24.0 Å². The van der Waals surface area contributed by atoms with Gasteiger partial charge in [-0.1, -0.05) is 0 Å². The molecule has 1 fully saturated rings. The zero-order valence-electron chi connectivity index (χ0n) is 9.27. The average Bonchev–Trinajstić information content (AvgIpc) is 3.06. The highest BCUT2D eigenvalue weighted by atomic mass is 16.5. The molecule has 1 heterocycles. The van der Waals surface area contributed by atoms with Crippen LogP contribution in [0.1, 0.15) is 25.0 Å². The van der Waals surface area contributed by atoms with Gasteiger partial charge >= 0.3 is 0 Å². The van der Waals surface area contributed by atoms with E-state index in [-0.39, 0.29) is 0 Å². The van der Waals surface area contributed by atoms with E-state index >= 15 is 0 Å². The predicted octanol–water partition coefficient (Wildman–Crippen LogP) is 2.23. The summed E-state index contributed by atoms with van der Waals surface area (Å²) < 4.78 is 10.5. The van der Waals surface area contributed by atoms with Crippen LogP contribution >= 0.6 is 0 Å². The second-order valence-electron chi connectivity index (χ2n) is 3.88. The number of pyridine rings is 1. The molecule has 15 heavy (non-hydrogen) atoms. The molecule has 0 bridgehead atoms. The molecule has 2 atom stereocenters. The van der Waals surface area contributed by atoms with Gasteiger partial charge in [-0.05, 0) is 31.4 Å². The van der Waals surface area contributed by atoms with E-state index in [1.54, 1.807) is 13.3 Å². The predicted molar refractivity (Wildman–Crippen MR) is 58.1 cm³/mol. The monoisotopic (exact) mass is 207 g/mol. The molecule has 0 N–H and O–H groups in total. The summed E-state index contributed by atoms with van der Waals surface area (Å²) in [7, 11) is 1.66. The number of hydrogen-bond acceptors (Lipinski definition) is 3. The summed E-state index contributed by atoms with van der Waals surface area (Å²) in [6.07, 6.45) is 2.99. The highest BCUT2D eigenvalue weighted by Gasteiger charge is 2.39. The molecular weight excluding hydrogens is 190 g/mol. The van der Waals surface area contributed by atoms with Gasteiger partial charge in [-0.15, -0.1) is 0 Å². The molecular formula is C12H17NO2. The molecule has 1 aromatic heterocycles. The van der Waals surface area contributed by atoms with Crippen molar-refractivity contribution in [2.45, 2.75) is 19.3 Å². The maximum absolute atomic E-state index is 5.40. The van der Waals surface area contributed by atoms with Gasteiger partial charge in [-0.2, -0.15) is 0 Å². The fourth-order valence-electron chi connectivity index (χ4n) is 1.80. The van der Waals surface area contributed by atoms with Gasteiger partial charge in [0.15, 0.2) is 0 Å². The third-order valence-corrected chi connectivity index (χ3v) is 2.83. The van der Waals surface area contributed by atoms with Crippen LogP contribution in [0.4, 0.5) is 0 Å². The molecule has 3 heteroatoms. The molecule has 0 unspecified atom stereocenters. The molecule has 1 saturated carbocycles. The van der Waals surface area contributed by atoms with E-state index in [2.05, 4.69) is 11.1 Å². The lowest BCUT2D eigenvalue weighted by Gasteiger charge is -2.02. The number of aromatic nitrogens is 1. The Hall–Kier alpha value is -1.09. The molecule has 2 rings (SSSR count). The summed E-state index contributed by atoms with van der Waals surface area (Å²) in [6, 6.07) is 4.02. The minimum atomic E-state index is 0.599.